The molecule has 172 valence electrons. The molecule has 0 spiro atoms. The molecule has 0 aliphatic rings. The number of ether oxygens (including phenoxy) is 1. The first-order valence-corrected chi connectivity index (χ1v) is 12.3. The monoisotopic (exact) mass is 453 g/mol. The van der Waals surface area contributed by atoms with Crippen molar-refractivity contribution in [3.05, 3.63) is 53.1 Å². The molecule has 5 nitrogen and oxygen atoms in total. The first-order chi connectivity index (χ1) is 15.4. The molecule has 32 heavy (non-hydrogen) atoms. The van der Waals surface area contributed by atoms with Crippen molar-refractivity contribution in [1.29, 1.82) is 0 Å². The number of carbonyl (C=O) groups excluding carboxylic acids is 1. The molecule has 0 saturated heterocycles. The molecule has 0 atom stereocenters. The summed E-state index contributed by atoms with van der Waals surface area (Å²) in [6, 6.07) is 11.8. The van der Waals surface area contributed by atoms with Gasteiger partial charge >= 0.3 is 0 Å². The van der Waals surface area contributed by atoms with Crippen LogP contribution in [0.1, 0.15) is 54.1 Å². The van der Waals surface area contributed by atoms with Crippen molar-refractivity contribution in [2.45, 2.75) is 46.5 Å². The van der Waals surface area contributed by atoms with Crippen LogP contribution >= 0.6 is 11.3 Å². The van der Waals surface area contributed by atoms with E-state index in [2.05, 4.69) is 51.9 Å². The lowest BCUT2D eigenvalue weighted by Gasteiger charge is -2.21. The zero-order valence-corrected chi connectivity index (χ0v) is 20.8. The van der Waals surface area contributed by atoms with Crippen LogP contribution in [-0.4, -0.2) is 49.6 Å². The number of thiazole rings is 1. The third kappa shape index (κ3) is 6.30. The fourth-order valence-electron chi connectivity index (χ4n) is 3.70. The highest BCUT2D eigenvalue weighted by Gasteiger charge is 2.22. The highest BCUT2D eigenvalue weighted by Crippen LogP contribution is 2.33. The van der Waals surface area contributed by atoms with E-state index < -0.39 is 0 Å². The molecule has 1 amide bonds. The van der Waals surface area contributed by atoms with Crippen molar-refractivity contribution in [3.8, 4) is 5.75 Å². The van der Waals surface area contributed by atoms with Gasteiger partial charge in [0.15, 0.2) is 5.13 Å². The maximum atomic E-state index is 13.5. The Hall–Kier alpha value is -2.44. The molecule has 0 aliphatic carbocycles. The molecule has 0 radical (unpaired) electrons. The molecule has 2 aromatic carbocycles. The second-order valence-corrected chi connectivity index (χ2v) is 9.60. The van der Waals surface area contributed by atoms with Crippen molar-refractivity contribution < 1.29 is 9.53 Å². The topological polar surface area (TPSA) is 45.7 Å². The average molecular weight is 454 g/mol. The summed E-state index contributed by atoms with van der Waals surface area (Å²) in [5.41, 5.74) is 4.01. The van der Waals surface area contributed by atoms with Crippen LogP contribution in [0.15, 0.2) is 36.4 Å². The van der Waals surface area contributed by atoms with E-state index in [1.54, 1.807) is 11.3 Å². The maximum Gasteiger partial charge on any atom is 0.260 e. The Morgan fingerprint density at radius 3 is 2.47 bits per heavy atom. The van der Waals surface area contributed by atoms with Gasteiger partial charge in [-0.15, -0.1) is 0 Å². The maximum absolute atomic E-state index is 13.5. The zero-order chi connectivity index (χ0) is 23.1. The number of unbranched alkanes of at least 4 members (excludes halogenated alkanes) is 2. The van der Waals surface area contributed by atoms with Gasteiger partial charge in [-0.3, -0.25) is 9.69 Å². The first kappa shape index (κ1) is 24.2. The van der Waals surface area contributed by atoms with Crippen molar-refractivity contribution in [2.24, 2.45) is 0 Å². The average Bonchev–Trinajstić information content (AvgIpc) is 3.18. The standard InChI is InChI=1S/C26H35N3O2S/c1-6-7-8-16-31-22-12-10-21(11-13-22)25(30)29(15-9-14-28(4)5)26-27-23-18-19(2)17-20(3)24(23)32-26/h10-13,17-18H,6-9,14-16H2,1-5H3. The number of nitrogens with zero attached hydrogens (tertiary/aromatic N) is 3. The number of hydrogen-bond acceptors (Lipinski definition) is 5. The largest absolute Gasteiger partial charge is 0.494 e. The summed E-state index contributed by atoms with van der Waals surface area (Å²) in [4.78, 5) is 22.3. The molecule has 6 heteroatoms. The van der Waals surface area contributed by atoms with E-state index in [4.69, 9.17) is 9.72 Å². The van der Waals surface area contributed by atoms with E-state index in [-0.39, 0.29) is 5.91 Å². The van der Waals surface area contributed by atoms with Crippen LogP contribution in [0, 0.1) is 13.8 Å². The number of rotatable bonds is 11. The summed E-state index contributed by atoms with van der Waals surface area (Å²) < 4.78 is 6.95. The van der Waals surface area contributed by atoms with Crippen molar-refractivity contribution in [1.82, 2.24) is 9.88 Å². The van der Waals surface area contributed by atoms with Gasteiger partial charge in [-0.2, -0.15) is 0 Å². The predicted octanol–water partition coefficient (Wildman–Crippen LogP) is 6.08. The summed E-state index contributed by atoms with van der Waals surface area (Å²) in [5, 5.41) is 0.761. The lowest BCUT2D eigenvalue weighted by atomic mass is 10.1. The molecule has 0 aliphatic heterocycles. The van der Waals surface area contributed by atoms with Gasteiger partial charge in [0.05, 0.1) is 16.8 Å². The normalized spacial score (nSPS) is 11.3. The molecular weight excluding hydrogens is 418 g/mol. The fourth-order valence-corrected chi connectivity index (χ4v) is 4.74. The molecule has 0 N–H and O–H groups in total. The van der Waals surface area contributed by atoms with E-state index in [1.165, 1.54) is 24.0 Å². The van der Waals surface area contributed by atoms with Crippen LogP contribution < -0.4 is 9.64 Å². The second kappa shape index (κ2) is 11.4. The number of aromatic nitrogens is 1. The van der Waals surface area contributed by atoms with Crippen LogP contribution in [0.5, 0.6) is 5.75 Å². The Bertz CT molecular complexity index is 1030. The molecule has 0 unspecified atom stereocenters. The van der Waals surface area contributed by atoms with Crippen molar-refractivity contribution in [3.63, 3.8) is 0 Å². The quantitative estimate of drug-likeness (QED) is 0.330. The van der Waals surface area contributed by atoms with Gasteiger partial charge in [0.1, 0.15) is 5.75 Å². The smallest absolute Gasteiger partial charge is 0.260 e. The lowest BCUT2D eigenvalue weighted by molar-refractivity contribution is 0.0986. The predicted molar refractivity (Wildman–Crippen MR) is 135 cm³/mol. The Morgan fingerprint density at radius 1 is 1.03 bits per heavy atom. The summed E-state index contributed by atoms with van der Waals surface area (Å²) in [7, 11) is 4.10. The lowest BCUT2D eigenvalue weighted by Crippen LogP contribution is -2.33. The first-order valence-electron chi connectivity index (χ1n) is 11.5. The van der Waals surface area contributed by atoms with E-state index in [9.17, 15) is 4.79 Å². The number of fused-ring (bicyclic) bond motifs is 1. The molecule has 0 fully saturated rings. The van der Waals surface area contributed by atoms with Gasteiger partial charge in [0.2, 0.25) is 0 Å². The van der Waals surface area contributed by atoms with Crippen LogP contribution in [0.3, 0.4) is 0 Å². The van der Waals surface area contributed by atoms with E-state index in [0.717, 1.165) is 40.5 Å². The Morgan fingerprint density at radius 2 is 1.78 bits per heavy atom. The van der Waals surface area contributed by atoms with Gasteiger partial charge in [-0.05, 0) is 88.8 Å². The summed E-state index contributed by atoms with van der Waals surface area (Å²) >= 11 is 1.60. The number of anilines is 1. The van der Waals surface area contributed by atoms with E-state index in [1.807, 2.05) is 29.2 Å². The molecular formula is C26H35N3O2S. The summed E-state index contributed by atoms with van der Waals surface area (Å²) in [5.74, 6) is 0.789. The van der Waals surface area contributed by atoms with Gasteiger partial charge < -0.3 is 9.64 Å². The van der Waals surface area contributed by atoms with Crippen LogP contribution in [0.2, 0.25) is 0 Å². The second-order valence-electron chi connectivity index (χ2n) is 8.62. The third-order valence-corrected chi connectivity index (χ3v) is 6.62. The molecule has 1 aromatic heterocycles. The third-order valence-electron chi connectivity index (χ3n) is 5.39. The van der Waals surface area contributed by atoms with Crippen LogP contribution in [0.4, 0.5) is 5.13 Å². The molecule has 3 aromatic rings. The van der Waals surface area contributed by atoms with Crippen molar-refractivity contribution >= 4 is 32.6 Å². The fraction of sp³-hybridized carbons (Fsp3) is 0.462. The molecule has 0 bridgehead atoms. The number of hydrogen-bond donors (Lipinski definition) is 0. The van der Waals surface area contributed by atoms with Crippen LogP contribution in [0.25, 0.3) is 10.2 Å². The molecule has 0 saturated carbocycles. The Kier molecular flexibility index (Phi) is 8.65. The van der Waals surface area contributed by atoms with E-state index in [0.29, 0.717) is 18.7 Å². The molecule has 3 rings (SSSR count). The Labute approximate surface area is 196 Å². The number of carbonyl (C=O) groups is 1. The van der Waals surface area contributed by atoms with Gasteiger partial charge in [0.25, 0.3) is 5.91 Å². The highest BCUT2D eigenvalue weighted by atomic mass is 32.1. The van der Waals surface area contributed by atoms with Gasteiger partial charge in [0, 0.05) is 12.1 Å². The minimum absolute atomic E-state index is 0.0188. The van der Waals surface area contributed by atoms with Crippen molar-refractivity contribution in [2.75, 3.05) is 38.7 Å². The minimum Gasteiger partial charge on any atom is -0.494 e. The van der Waals surface area contributed by atoms with Crippen LogP contribution in [-0.2, 0) is 0 Å². The Balaban J connectivity index is 1.82. The van der Waals surface area contributed by atoms with E-state index >= 15 is 0 Å². The number of aryl methyl sites for hydroxylation is 2. The minimum atomic E-state index is -0.0188. The number of amides is 1. The molecule has 1 heterocycles. The number of benzene rings is 2. The summed E-state index contributed by atoms with van der Waals surface area (Å²) in [6.07, 6.45) is 4.27. The SMILES string of the molecule is CCCCCOc1ccc(C(=O)N(CCCN(C)C)c2nc3cc(C)cc(C)c3s2)cc1. The van der Waals surface area contributed by atoms with Gasteiger partial charge in [-0.25, -0.2) is 4.98 Å². The zero-order valence-electron chi connectivity index (χ0n) is 20.0. The van der Waals surface area contributed by atoms with Gasteiger partial charge in [-0.1, -0.05) is 37.2 Å². The highest BCUT2D eigenvalue weighted by molar-refractivity contribution is 7.22. The summed E-state index contributed by atoms with van der Waals surface area (Å²) in [6.45, 7) is 8.62.